The fraction of sp³-hybridized carbons (Fsp3) is 0.900. The molecule has 1 fully saturated rings. The summed E-state index contributed by atoms with van der Waals surface area (Å²) >= 11 is 0. The highest BCUT2D eigenvalue weighted by Crippen LogP contribution is 2.17. The predicted molar refractivity (Wildman–Crippen MR) is 54.8 cm³/mol. The standard InChI is InChI=1S/C10H20N2O2/c1-10(2,7-11)14-9(13)8-3-5-12-6-4-8/h8,12H,3-7,11H2,1-2H3. The monoisotopic (exact) mass is 200 g/mol. The molecule has 0 aromatic rings. The van der Waals surface area contributed by atoms with Gasteiger partial charge in [-0.05, 0) is 39.8 Å². The molecule has 0 aromatic carbocycles. The van der Waals surface area contributed by atoms with E-state index >= 15 is 0 Å². The van der Waals surface area contributed by atoms with Crippen molar-refractivity contribution in [3.05, 3.63) is 0 Å². The van der Waals surface area contributed by atoms with Gasteiger partial charge >= 0.3 is 5.97 Å². The van der Waals surface area contributed by atoms with E-state index in [2.05, 4.69) is 5.32 Å². The number of nitrogens with two attached hydrogens (primary N) is 1. The van der Waals surface area contributed by atoms with Crippen molar-refractivity contribution in [2.45, 2.75) is 32.3 Å². The Hall–Kier alpha value is -0.610. The fourth-order valence-corrected chi connectivity index (χ4v) is 1.45. The van der Waals surface area contributed by atoms with Gasteiger partial charge in [-0.3, -0.25) is 4.79 Å². The topological polar surface area (TPSA) is 64.3 Å². The number of hydrogen-bond acceptors (Lipinski definition) is 4. The first kappa shape index (κ1) is 11.5. The van der Waals surface area contributed by atoms with Crippen LogP contribution in [0.25, 0.3) is 0 Å². The molecule has 0 atom stereocenters. The maximum absolute atomic E-state index is 11.7. The van der Waals surface area contributed by atoms with Crippen LogP contribution in [0.5, 0.6) is 0 Å². The Labute approximate surface area is 85.2 Å². The Morgan fingerprint density at radius 1 is 1.50 bits per heavy atom. The average Bonchev–Trinajstić information content (AvgIpc) is 2.19. The van der Waals surface area contributed by atoms with Crippen molar-refractivity contribution >= 4 is 5.97 Å². The molecule has 0 amide bonds. The van der Waals surface area contributed by atoms with Gasteiger partial charge in [0, 0.05) is 6.54 Å². The van der Waals surface area contributed by atoms with Crippen molar-refractivity contribution in [2.75, 3.05) is 19.6 Å². The van der Waals surface area contributed by atoms with Gasteiger partial charge in [0.1, 0.15) is 5.60 Å². The van der Waals surface area contributed by atoms with Gasteiger partial charge in [-0.25, -0.2) is 0 Å². The van der Waals surface area contributed by atoms with Crippen LogP contribution in [0.1, 0.15) is 26.7 Å². The quantitative estimate of drug-likeness (QED) is 0.642. The van der Waals surface area contributed by atoms with E-state index in [1.54, 1.807) is 0 Å². The molecule has 0 saturated carbocycles. The van der Waals surface area contributed by atoms with Crippen LogP contribution in [0.4, 0.5) is 0 Å². The number of esters is 1. The molecule has 1 aliphatic rings. The van der Waals surface area contributed by atoms with Crippen LogP contribution >= 0.6 is 0 Å². The Balaban J connectivity index is 2.40. The lowest BCUT2D eigenvalue weighted by Crippen LogP contribution is -2.40. The van der Waals surface area contributed by atoms with Crippen LogP contribution in [0.3, 0.4) is 0 Å². The van der Waals surface area contributed by atoms with Crippen molar-refractivity contribution in [2.24, 2.45) is 11.7 Å². The molecule has 1 heterocycles. The Morgan fingerprint density at radius 2 is 2.07 bits per heavy atom. The zero-order chi connectivity index (χ0) is 10.6. The minimum atomic E-state index is -0.526. The van der Waals surface area contributed by atoms with Gasteiger partial charge in [-0.1, -0.05) is 0 Å². The lowest BCUT2D eigenvalue weighted by molar-refractivity contribution is -0.161. The zero-order valence-corrected chi connectivity index (χ0v) is 9.01. The molecule has 82 valence electrons. The molecule has 4 heteroatoms. The van der Waals surface area contributed by atoms with E-state index in [1.165, 1.54) is 0 Å². The highest BCUT2D eigenvalue weighted by atomic mass is 16.6. The second-order valence-electron chi connectivity index (χ2n) is 4.41. The van der Waals surface area contributed by atoms with Gasteiger partial charge in [0.25, 0.3) is 0 Å². The molecule has 0 aliphatic carbocycles. The molecule has 0 aromatic heterocycles. The molecule has 1 rings (SSSR count). The van der Waals surface area contributed by atoms with Gasteiger partial charge in [-0.2, -0.15) is 0 Å². The van der Waals surface area contributed by atoms with Crippen molar-refractivity contribution in [3.8, 4) is 0 Å². The molecule has 1 saturated heterocycles. The summed E-state index contributed by atoms with van der Waals surface area (Å²) in [4.78, 5) is 11.7. The summed E-state index contributed by atoms with van der Waals surface area (Å²) in [5.74, 6) is -0.0379. The zero-order valence-electron chi connectivity index (χ0n) is 9.01. The van der Waals surface area contributed by atoms with Crippen LogP contribution < -0.4 is 11.1 Å². The molecule has 0 spiro atoms. The van der Waals surface area contributed by atoms with Crippen LogP contribution in [-0.2, 0) is 9.53 Å². The summed E-state index contributed by atoms with van der Waals surface area (Å²) < 4.78 is 5.33. The van der Waals surface area contributed by atoms with Gasteiger partial charge in [0.15, 0.2) is 0 Å². The molecule has 14 heavy (non-hydrogen) atoms. The molecule has 0 unspecified atom stereocenters. The summed E-state index contributed by atoms with van der Waals surface area (Å²) in [6, 6.07) is 0. The van der Waals surface area contributed by atoms with Crippen molar-refractivity contribution in [1.29, 1.82) is 0 Å². The number of hydrogen-bond donors (Lipinski definition) is 2. The summed E-state index contributed by atoms with van der Waals surface area (Å²) in [6.45, 7) is 5.85. The minimum Gasteiger partial charge on any atom is -0.458 e. The molecule has 4 nitrogen and oxygen atoms in total. The Kier molecular flexibility index (Phi) is 3.89. The largest absolute Gasteiger partial charge is 0.458 e. The summed E-state index contributed by atoms with van der Waals surface area (Å²) in [5, 5.41) is 3.21. The summed E-state index contributed by atoms with van der Waals surface area (Å²) in [7, 11) is 0. The first-order valence-electron chi connectivity index (χ1n) is 5.19. The van der Waals surface area contributed by atoms with Gasteiger partial charge in [0.2, 0.25) is 0 Å². The van der Waals surface area contributed by atoms with E-state index in [0.29, 0.717) is 6.54 Å². The average molecular weight is 200 g/mol. The molecule has 1 aliphatic heterocycles. The Morgan fingerprint density at radius 3 is 2.57 bits per heavy atom. The summed E-state index contributed by atoms with van der Waals surface area (Å²) in [5.41, 5.74) is 4.97. The highest BCUT2D eigenvalue weighted by Gasteiger charge is 2.27. The lowest BCUT2D eigenvalue weighted by Gasteiger charge is -2.28. The second-order valence-corrected chi connectivity index (χ2v) is 4.41. The minimum absolute atomic E-state index is 0.0575. The highest BCUT2D eigenvalue weighted by molar-refractivity contribution is 5.73. The smallest absolute Gasteiger partial charge is 0.309 e. The number of piperidine rings is 1. The third-order valence-corrected chi connectivity index (χ3v) is 2.54. The van der Waals surface area contributed by atoms with E-state index < -0.39 is 5.60 Å². The maximum Gasteiger partial charge on any atom is 0.309 e. The van der Waals surface area contributed by atoms with Crippen molar-refractivity contribution in [3.63, 3.8) is 0 Å². The SMILES string of the molecule is CC(C)(CN)OC(=O)C1CCNCC1. The third kappa shape index (κ3) is 3.27. The molecular weight excluding hydrogens is 180 g/mol. The molecule has 0 bridgehead atoms. The molecular formula is C10H20N2O2. The molecule has 0 radical (unpaired) electrons. The fourth-order valence-electron chi connectivity index (χ4n) is 1.45. The lowest BCUT2D eigenvalue weighted by atomic mass is 9.98. The van der Waals surface area contributed by atoms with Gasteiger partial charge in [-0.15, -0.1) is 0 Å². The van der Waals surface area contributed by atoms with E-state index in [1.807, 2.05) is 13.8 Å². The van der Waals surface area contributed by atoms with Crippen LogP contribution in [-0.4, -0.2) is 31.2 Å². The van der Waals surface area contributed by atoms with Crippen LogP contribution in [0, 0.1) is 5.92 Å². The molecule has 3 N–H and O–H groups in total. The number of carbonyl (C=O) groups is 1. The van der Waals surface area contributed by atoms with Crippen molar-refractivity contribution < 1.29 is 9.53 Å². The van der Waals surface area contributed by atoms with E-state index in [-0.39, 0.29) is 11.9 Å². The number of nitrogens with one attached hydrogen (secondary N) is 1. The van der Waals surface area contributed by atoms with Crippen LogP contribution in [0.2, 0.25) is 0 Å². The maximum atomic E-state index is 11.7. The second kappa shape index (κ2) is 4.75. The number of ether oxygens (including phenoxy) is 1. The van der Waals surface area contributed by atoms with Crippen molar-refractivity contribution in [1.82, 2.24) is 5.32 Å². The first-order valence-corrected chi connectivity index (χ1v) is 5.19. The normalized spacial score (nSPS) is 19.4. The Bertz CT molecular complexity index is 198. The van der Waals surface area contributed by atoms with E-state index in [4.69, 9.17) is 10.5 Å². The number of carbonyl (C=O) groups excluding carboxylic acids is 1. The van der Waals surface area contributed by atoms with E-state index in [9.17, 15) is 4.79 Å². The van der Waals surface area contributed by atoms with Gasteiger partial charge in [0.05, 0.1) is 5.92 Å². The predicted octanol–water partition coefficient (Wildman–Crippen LogP) is 0.267. The summed E-state index contributed by atoms with van der Waals surface area (Å²) in [6.07, 6.45) is 1.75. The van der Waals surface area contributed by atoms with Crippen LogP contribution in [0.15, 0.2) is 0 Å². The third-order valence-electron chi connectivity index (χ3n) is 2.54. The first-order chi connectivity index (χ1) is 6.55. The van der Waals surface area contributed by atoms with Gasteiger partial charge < -0.3 is 15.8 Å². The van der Waals surface area contributed by atoms with E-state index in [0.717, 1.165) is 25.9 Å². The number of rotatable bonds is 3.